The predicted molar refractivity (Wildman–Crippen MR) is 111 cm³/mol. The average molecular weight is 397 g/mol. The molecule has 0 unspecified atom stereocenters. The Bertz CT molecular complexity index is 811. The molecule has 5 nitrogen and oxygen atoms in total. The molecule has 2 aliphatic rings. The molecule has 0 N–H and O–H groups in total. The van der Waals surface area contributed by atoms with Crippen LogP contribution in [0.1, 0.15) is 48.9 Å². The molecule has 2 saturated heterocycles. The van der Waals surface area contributed by atoms with E-state index in [2.05, 4.69) is 22.0 Å². The first-order valence-corrected chi connectivity index (χ1v) is 10.6. The van der Waals surface area contributed by atoms with Gasteiger partial charge in [-0.3, -0.25) is 4.79 Å². The molecule has 0 atom stereocenters. The van der Waals surface area contributed by atoms with Gasteiger partial charge in [-0.1, -0.05) is 12.8 Å². The normalized spacial score (nSPS) is 18.4. The first kappa shape index (κ1) is 19.7. The molecular weight excluding hydrogens is 369 g/mol. The van der Waals surface area contributed by atoms with Crippen molar-refractivity contribution < 1.29 is 13.9 Å². The third-order valence-corrected chi connectivity index (χ3v) is 5.82. The van der Waals surface area contributed by atoms with Crippen molar-refractivity contribution in [1.82, 2.24) is 9.88 Å². The van der Waals surface area contributed by atoms with Crippen LogP contribution in [0.15, 0.2) is 42.6 Å². The summed E-state index contributed by atoms with van der Waals surface area (Å²) in [5.41, 5.74) is 1.92. The number of piperidine rings is 1. The van der Waals surface area contributed by atoms with Gasteiger partial charge in [0.1, 0.15) is 6.10 Å². The minimum Gasteiger partial charge on any atom is -0.472 e. The molecule has 0 bridgehead atoms. The first-order chi connectivity index (χ1) is 14.2. The molecule has 1 aromatic heterocycles. The number of amides is 1. The summed E-state index contributed by atoms with van der Waals surface area (Å²) in [6.07, 6.45) is 7.83. The molecule has 0 spiro atoms. The number of carbonyl (C=O) groups excluding carboxylic acids is 1. The van der Waals surface area contributed by atoms with Crippen molar-refractivity contribution in [2.24, 2.45) is 0 Å². The fourth-order valence-corrected chi connectivity index (χ4v) is 4.12. The SMILES string of the molecule is O=C(c1ccc(N2CCCCCC2)cc1)N1CCC(Oc2ncccc2F)CC1. The second kappa shape index (κ2) is 9.25. The van der Waals surface area contributed by atoms with Crippen LogP contribution in [0.3, 0.4) is 0 Å². The van der Waals surface area contributed by atoms with E-state index in [1.165, 1.54) is 43.6 Å². The Balaban J connectivity index is 1.31. The maximum atomic E-state index is 13.7. The summed E-state index contributed by atoms with van der Waals surface area (Å²) in [5.74, 6) is -0.355. The quantitative estimate of drug-likeness (QED) is 0.772. The lowest BCUT2D eigenvalue weighted by Gasteiger charge is -2.32. The molecule has 0 aliphatic carbocycles. The number of rotatable bonds is 4. The molecule has 0 radical (unpaired) electrons. The minimum absolute atomic E-state index is 0.0429. The number of anilines is 1. The van der Waals surface area contributed by atoms with E-state index in [4.69, 9.17) is 4.74 Å². The fraction of sp³-hybridized carbons (Fsp3) is 0.478. The topological polar surface area (TPSA) is 45.7 Å². The number of hydrogen-bond donors (Lipinski definition) is 0. The van der Waals surface area contributed by atoms with Gasteiger partial charge in [0, 0.05) is 56.5 Å². The highest BCUT2D eigenvalue weighted by Gasteiger charge is 2.25. The number of pyridine rings is 1. The van der Waals surface area contributed by atoms with Crippen molar-refractivity contribution in [3.05, 3.63) is 54.0 Å². The monoisotopic (exact) mass is 397 g/mol. The molecule has 4 rings (SSSR count). The van der Waals surface area contributed by atoms with Crippen molar-refractivity contribution in [1.29, 1.82) is 0 Å². The van der Waals surface area contributed by atoms with E-state index in [-0.39, 0.29) is 17.9 Å². The lowest BCUT2D eigenvalue weighted by Crippen LogP contribution is -2.42. The van der Waals surface area contributed by atoms with Crippen LogP contribution in [-0.4, -0.2) is 48.1 Å². The lowest BCUT2D eigenvalue weighted by molar-refractivity contribution is 0.0579. The van der Waals surface area contributed by atoms with E-state index in [0.29, 0.717) is 25.9 Å². The number of aromatic nitrogens is 1. The van der Waals surface area contributed by atoms with Gasteiger partial charge in [-0.25, -0.2) is 9.37 Å². The lowest BCUT2D eigenvalue weighted by atomic mass is 10.1. The Labute approximate surface area is 171 Å². The van der Waals surface area contributed by atoms with Crippen LogP contribution in [0.25, 0.3) is 0 Å². The smallest absolute Gasteiger partial charge is 0.253 e. The molecule has 1 amide bonds. The molecule has 2 fully saturated rings. The summed E-state index contributed by atoms with van der Waals surface area (Å²) >= 11 is 0. The summed E-state index contributed by atoms with van der Waals surface area (Å²) in [6, 6.07) is 10.9. The van der Waals surface area contributed by atoms with Gasteiger partial charge in [0.05, 0.1) is 0 Å². The zero-order valence-corrected chi connectivity index (χ0v) is 16.7. The van der Waals surface area contributed by atoms with E-state index in [9.17, 15) is 9.18 Å². The zero-order valence-electron chi connectivity index (χ0n) is 16.7. The average Bonchev–Trinajstić information content (AvgIpc) is 3.05. The third-order valence-electron chi connectivity index (χ3n) is 5.82. The number of halogens is 1. The first-order valence-electron chi connectivity index (χ1n) is 10.6. The predicted octanol–water partition coefficient (Wildman–Crippen LogP) is 4.28. The maximum absolute atomic E-state index is 13.7. The number of ether oxygens (including phenoxy) is 1. The molecule has 6 heteroatoms. The van der Waals surface area contributed by atoms with Crippen LogP contribution in [0.5, 0.6) is 5.88 Å². The highest BCUT2D eigenvalue weighted by Crippen LogP contribution is 2.23. The number of carbonyl (C=O) groups is 1. The van der Waals surface area contributed by atoms with Crippen LogP contribution in [0.2, 0.25) is 0 Å². The van der Waals surface area contributed by atoms with Gasteiger partial charge in [-0.05, 0) is 49.2 Å². The number of benzene rings is 1. The van der Waals surface area contributed by atoms with Crippen molar-refractivity contribution in [2.45, 2.75) is 44.6 Å². The van der Waals surface area contributed by atoms with Crippen molar-refractivity contribution >= 4 is 11.6 Å². The number of hydrogen-bond acceptors (Lipinski definition) is 4. The Morgan fingerprint density at radius 2 is 1.66 bits per heavy atom. The van der Waals surface area contributed by atoms with Gasteiger partial charge in [-0.2, -0.15) is 0 Å². The fourth-order valence-electron chi connectivity index (χ4n) is 4.12. The molecule has 1 aromatic carbocycles. The van der Waals surface area contributed by atoms with Gasteiger partial charge in [0.2, 0.25) is 0 Å². The van der Waals surface area contributed by atoms with E-state index in [1.807, 2.05) is 17.0 Å². The van der Waals surface area contributed by atoms with Gasteiger partial charge < -0.3 is 14.5 Å². The molecule has 2 aliphatic heterocycles. The van der Waals surface area contributed by atoms with Gasteiger partial charge in [0.25, 0.3) is 11.8 Å². The Hall–Kier alpha value is -2.63. The largest absolute Gasteiger partial charge is 0.472 e. The summed E-state index contributed by atoms with van der Waals surface area (Å²) in [6.45, 7) is 3.40. The van der Waals surface area contributed by atoms with Crippen LogP contribution in [0, 0.1) is 5.82 Å². The summed E-state index contributed by atoms with van der Waals surface area (Å²) < 4.78 is 19.4. The summed E-state index contributed by atoms with van der Waals surface area (Å²) in [5, 5.41) is 0. The van der Waals surface area contributed by atoms with Crippen LogP contribution in [0.4, 0.5) is 10.1 Å². The van der Waals surface area contributed by atoms with Crippen LogP contribution < -0.4 is 9.64 Å². The molecule has 3 heterocycles. The van der Waals surface area contributed by atoms with Crippen LogP contribution in [-0.2, 0) is 0 Å². The second-order valence-electron chi connectivity index (χ2n) is 7.85. The van der Waals surface area contributed by atoms with Gasteiger partial charge in [-0.15, -0.1) is 0 Å². The number of nitrogens with zero attached hydrogens (tertiary/aromatic N) is 3. The summed E-state index contributed by atoms with van der Waals surface area (Å²) in [4.78, 5) is 21.1. The Kier molecular flexibility index (Phi) is 6.27. The zero-order chi connectivity index (χ0) is 20.1. The van der Waals surface area contributed by atoms with E-state index >= 15 is 0 Å². The molecule has 154 valence electrons. The van der Waals surface area contributed by atoms with Crippen molar-refractivity contribution in [3.8, 4) is 5.88 Å². The molecule has 0 saturated carbocycles. The van der Waals surface area contributed by atoms with E-state index in [0.717, 1.165) is 18.7 Å². The number of likely N-dealkylation sites (tertiary alicyclic amines) is 1. The van der Waals surface area contributed by atoms with Gasteiger partial charge in [0.15, 0.2) is 5.82 Å². The van der Waals surface area contributed by atoms with E-state index in [1.54, 1.807) is 6.07 Å². The minimum atomic E-state index is -0.449. The standard InChI is InChI=1S/C23H28FN3O2/c24-21-6-5-13-25-22(21)29-20-11-16-27(17-12-20)23(28)18-7-9-19(10-8-18)26-14-3-1-2-4-15-26/h5-10,13,20H,1-4,11-12,14-17H2. The molecule has 2 aromatic rings. The second-order valence-corrected chi connectivity index (χ2v) is 7.85. The van der Waals surface area contributed by atoms with Gasteiger partial charge >= 0.3 is 0 Å². The third kappa shape index (κ3) is 4.86. The van der Waals surface area contributed by atoms with Crippen LogP contribution >= 0.6 is 0 Å². The molecular formula is C23H28FN3O2. The maximum Gasteiger partial charge on any atom is 0.253 e. The summed E-state index contributed by atoms with van der Waals surface area (Å²) in [7, 11) is 0. The molecule has 29 heavy (non-hydrogen) atoms. The highest BCUT2D eigenvalue weighted by molar-refractivity contribution is 5.94. The highest BCUT2D eigenvalue weighted by atomic mass is 19.1. The van der Waals surface area contributed by atoms with Crippen molar-refractivity contribution in [3.63, 3.8) is 0 Å². The van der Waals surface area contributed by atoms with Crippen molar-refractivity contribution in [2.75, 3.05) is 31.1 Å². The van der Waals surface area contributed by atoms with E-state index < -0.39 is 5.82 Å². The Morgan fingerprint density at radius 1 is 0.966 bits per heavy atom. The Morgan fingerprint density at radius 3 is 2.31 bits per heavy atom.